The van der Waals surface area contributed by atoms with E-state index in [9.17, 15) is 13.2 Å². The summed E-state index contributed by atoms with van der Waals surface area (Å²) in [7, 11) is 0. The molecule has 84 valence electrons. The molecule has 0 N–H and O–H groups in total. The van der Waals surface area contributed by atoms with Gasteiger partial charge in [0.2, 0.25) is 0 Å². The topological polar surface area (TPSA) is 0 Å². The summed E-state index contributed by atoms with van der Waals surface area (Å²) in [5.41, 5.74) is 0.740. The molecule has 3 heteroatoms. The van der Waals surface area contributed by atoms with Crippen LogP contribution < -0.4 is 0 Å². The van der Waals surface area contributed by atoms with Gasteiger partial charge in [-0.25, -0.2) is 0 Å². The SMILES string of the molecule is CCc1cccc(C(F)(F)F)c1C(C)C. The zero-order valence-corrected chi connectivity index (χ0v) is 9.15. The first-order valence-electron chi connectivity index (χ1n) is 5.06. The van der Waals surface area contributed by atoms with Crippen LogP contribution in [0.5, 0.6) is 0 Å². The van der Waals surface area contributed by atoms with Gasteiger partial charge in [0.25, 0.3) is 0 Å². The molecule has 0 radical (unpaired) electrons. The highest BCUT2D eigenvalue weighted by molar-refractivity contribution is 5.39. The fourth-order valence-corrected chi connectivity index (χ4v) is 1.85. The summed E-state index contributed by atoms with van der Waals surface area (Å²) < 4.78 is 38.2. The molecule has 0 fully saturated rings. The zero-order valence-electron chi connectivity index (χ0n) is 9.15. The molecule has 0 heterocycles. The van der Waals surface area contributed by atoms with E-state index in [1.807, 2.05) is 6.92 Å². The Morgan fingerprint density at radius 3 is 2.20 bits per heavy atom. The second-order valence-electron chi connectivity index (χ2n) is 3.88. The summed E-state index contributed by atoms with van der Waals surface area (Å²) in [6.07, 6.45) is -3.61. The maximum atomic E-state index is 12.7. The molecule has 0 saturated carbocycles. The van der Waals surface area contributed by atoms with E-state index in [1.165, 1.54) is 6.07 Å². The molecule has 0 saturated heterocycles. The fourth-order valence-electron chi connectivity index (χ4n) is 1.85. The highest BCUT2D eigenvalue weighted by Gasteiger charge is 2.34. The molecule has 0 aliphatic carbocycles. The molecule has 1 aromatic rings. The molecule has 0 aliphatic heterocycles. The Bertz CT molecular complexity index is 337. The van der Waals surface area contributed by atoms with Crippen LogP contribution in [0.15, 0.2) is 18.2 Å². The third-order valence-electron chi connectivity index (χ3n) is 2.46. The van der Waals surface area contributed by atoms with Crippen molar-refractivity contribution in [3.05, 3.63) is 34.9 Å². The van der Waals surface area contributed by atoms with Crippen molar-refractivity contribution in [2.45, 2.75) is 39.3 Å². The first kappa shape index (κ1) is 12.1. The first-order chi connectivity index (χ1) is 6.88. The minimum atomic E-state index is -4.25. The van der Waals surface area contributed by atoms with Gasteiger partial charge in [-0.05, 0) is 29.5 Å². The third kappa shape index (κ3) is 2.52. The van der Waals surface area contributed by atoms with E-state index in [0.29, 0.717) is 12.0 Å². The number of benzene rings is 1. The zero-order chi connectivity index (χ0) is 11.6. The highest BCUT2D eigenvalue weighted by atomic mass is 19.4. The van der Waals surface area contributed by atoms with Gasteiger partial charge in [0, 0.05) is 0 Å². The van der Waals surface area contributed by atoms with Crippen LogP contribution in [-0.2, 0) is 12.6 Å². The molecule has 0 amide bonds. The number of aryl methyl sites for hydroxylation is 1. The van der Waals surface area contributed by atoms with Crippen molar-refractivity contribution >= 4 is 0 Å². The van der Waals surface area contributed by atoms with Crippen molar-refractivity contribution in [3.63, 3.8) is 0 Å². The molecule has 0 unspecified atom stereocenters. The molecular formula is C12H15F3. The molecule has 1 rings (SSSR count). The van der Waals surface area contributed by atoms with E-state index in [2.05, 4.69) is 0 Å². The van der Waals surface area contributed by atoms with E-state index in [-0.39, 0.29) is 5.92 Å². The van der Waals surface area contributed by atoms with E-state index in [0.717, 1.165) is 11.6 Å². The van der Waals surface area contributed by atoms with Gasteiger partial charge in [0.05, 0.1) is 5.56 Å². The van der Waals surface area contributed by atoms with Crippen molar-refractivity contribution in [1.82, 2.24) is 0 Å². The van der Waals surface area contributed by atoms with Crippen molar-refractivity contribution in [2.75, 3.05) is 0 Å². The Balaban J connectivity index is 3.39. The van der Waals surface area contributed by atoms with Crippen LogP contribution in [0, 0.1) is 0 Å². The number of rotatable bonds is 2. The summed E-state index contributed by atoms with van der Waals surface area (Å²) in [5, 5.41) is 0. The molecule has 15 heavy (non-hydrogen) atoms. The van der Waals surface area contributed by atoms with Gasteiger partial charge in [-0.1, -0.05) is 32.9 Å². The molecular weight excluding hydrogens is 201 g/mol. The number of hydrogen-bond acceptors (Lipinski definition) is 0. The van der Waals surface area contributed by atoms with Gasteiger partial charge >= 0.3 is 6.18 Å². The number of alkyl halides is 3. The second kappa shape index (κ2) is 4.25. The van der Waals surface area contributed by atoms with Crippen LogP contribution in [0.1, 0.15) is 43.4 Å². The highest BCUT2D eigenvalue weighted by Crippen LogP contribution is 2.36. The maximum Gasteiger partial charge on any atom is 0.416 e. The van der Waals surface area contributed by atoms with Gasteiger partial charge in [-0.2, -0.15) is 13.2 Å². The predicted molar refractivity (Wildman–Crippen MR) is 54.9 cm³/mol. The number of hydrogen-bond donors (Lipinski definition) is 0. The smallest absolute Gasteiger partial charge is 0.166 e. The van der Waals surface area contributed by atoms with E-state index in [4.69, 9.17) is 0 Å². The lowest BCUT2D eigenvalue weighted by Crippen LogP contribution is -2.12. The summed E-state index contributed by atoms with van der Waals surface area (Å²) in [5.74, 6) is -0.0993. The lowest BCUT2D eigenvalue weighted by Gasteiger charge is -2.18. The van der Waals surface area contributed by atoms with E-state index in [1.54, 1.807) is 19.9 Å². The van der Waals surface area contributed by atoms with Gasteiger partial charge in [-0.3, -0.25) is 0 Å². The Kier molecular flexibility index (Phi) is 3.42. The predicted octanol–water partition coefficient (Wildman–Crippen LogP) is 4.39. The minimum absolute atomic E-state index is 0.0993. The van der Waals surface area contributed by atoms with Gasteiger partial charge in [0.15, 0.2) is 0 Å². The van der Waals surface area contributed by atoms with E-state index >= 15 is 0 Å². The van der Waals surface area contributed by atoms with E-state index < -0.39 is 11.7 Å². The second-order valence-corrected chi connectivity index (χ2v) is 3.88. The molecule has 0 aromatic heterocycles. The van der Waals surface area contributed by atoms with Crippen molar-refractivity contribution in [2.24, 2.45) is 0 Å². The molecule has 0 atom stereocenters. The quantitative estimate of drug-likeness (QED) is 0.687. The Morgan fingerprint density at radius 1 is 1.20 bits per heavy atom. The number of halogens is 3. The standard InChI is InChI=1S/C12H15F3/c1-4-9-6-5-7-10(12(13,14)15)11(9)8(2)3/h5-8H,4H2,1-3H3. The summed E-state index contributed by atoms with van der Waals surface area (Å²) in [4.78, 5) is 0. The van der Waals surface area contributed by atoms with Gasteiger partial charge in [0.1, 0.15) is 0 Å². The Morgan fingerprint density at radius 2 is 1.80 bits per heavy atom. The minimum Gasteiger partial charge on any atom is -0.166 e. The summed E-state index contributed by atoms with van der Waals surface area (Å²) >= 11 is 0. The lowest BCUT2D eigenvalue weighted by atomic mass is 9.90. The third-order valence-corrected chi connectivity index (χ3v) is 2.46. The molecule has 0 nitrogen and oxygen atoms in total. The average molecular weight is 216 g/mol. The Hall–Kier alpha value is -0.990. The monoisotopic (exact) mass is 216 g/mol. The van der Waals surface area contributed by atoms with Crippen molar-refractivity contribution < 1.29 is 13.2 Å². The summed E-state index contributed by atoms with van der Waals surface area (Å²) in [6, 6.07) is 4.41. The largest absolute Gasteiger partial charge is 0.416 e. The maximum absolute atomic E-state index is 12.7. The van der Waals surface area contributed by atoms with Crippen LogP contribution in [0.3, 0.4) is 0 Å². The van der Waals surface area contributed by atoms with Crippen LogP contribution in [0.2, 0.25) is 0 Å². The van der Waals surface area contributed by atoms with Gasteiger partial charge < -0.3 is 0 Å². The average Bonchev–Trinajstić information content (AvgIpc) is 2.15. The van der Waals surface area contributed by atoms with Crippen molar-refractivity contribution in [3.8, 4) is 0 Å². The normalized spacial score (nSPS) is 12.2. The molecule has 0 aliphatic rings. The van der Waals surface area contributed by atoms with Crippen LogP contribution >= 0.6 is 0 Å². The molecule has 0 bridgehead atoms. The first-order valence-corrected chi connectivity index (χ1v) is 5.06. The summed E-state index contributed by atoms with van der Waals surface area (Å²) in [6.45, 7) is 5.47. The fraction of sp³-hybridized carbons (Fsp3) is 0.500. The van der Waals surface area contributed by atoms with Crippen LogP contribution in [0.4, 0.5) is 13.2 Å². The Labute approximate surface area is 88.1 Å². The van der Waals surface area contributed by atoms with Gasteiger partial charge in [-0.15, -0.1) is 0 Å². The van der Waals surface area contributed by atoms with Crippen LogP contribution in [-0.4, -0.2) is 0 Å². The van der Waals surface area contributed by atoms with Crippen molar-refractivity contribution in [1.29, 1.82) is 0 Å². The lowest BCUT2D eigenvalue weighted by molar-refractivity contribution is -0.138. The van der Waals surface area contributed by atoms with Crippen LogP contribution in [0.25, 0.3) is 0 Å². The molecule has 1 aromatic carbocycles. The molecule has 0 spiro atoms.